The lowest BCUT2D eigenvalue weighted by atomic mass is 10.1. The fourth-order valence-corrected chi connectivity index (χ4v) is 3.73. The second kappa shape index (κ2) is 8.38. The molecule has 0 aromatic heterocycles. The SMILES string of the molecule is C[C@@H]1CN(C(=O)c2ccc(SCc3ccccc3)cc2)CC(C(=O)O)O1. The summed E-state index contributed by atoms with van der Waals surface area (Å²) in [6, 6.07) is 17.7. The van der Waals surface area contributed by atoms with Gasteiger partial charge in [0.15, 0.2) is 6.10 Å². The minimum absolute atomic E-state index is 0.0724. The first kappa shape index (κ1) is 18.5. The molecule has 2 aromatic rings. The molecule has 1 saturated heterocycles. The van der Waals surface area contributed by atoms with Crippen molar-refractivity contribution in [3.63, 3.8) is 0 Å². The maximum absolute atomic E-state index is 12.7. The van der Waals surface area contributed by atoms with Crippen molar-refractivity contribution in [2.45, 2.75) is 29.8 Å². The number of carboxylic acid groups (broad SMARTS) is 1. The van der Waals surface area contributed by atoms with E-state index in [0.29, 0.717) is 12.1 Å². The van der Waals surface area contributed by atoms with Crippen LogP contribution in [-0.2, 0) is 15.3 Å². The van der Waals surface area contributed by atoms with E-state index in [4.69, 9.17) is 9.84 Å². The first-order valence-corrected chi connectivity index (χ1v) is 9.46. The van der Waals surface area contributed by atoms with Crippen LogP contribution in [0.25, 0.3) is 0 Å². The van der Waals surface area contributed by atoms with Gasteiger partial charge in [0.1, 0.15) is 0 Å². The van der Waals surface area contributed by atoms with Crippen molar-refractivity contribution in [1.82, 2.24) is 4.90 Å². The molecule has 1 N–H and O–H groups in total. The Kier molecular flexibility index (Phi) is 5.96. The fraction of sp³-hybridized carbons (Fsp3) is 0.300. The van der Waals surface area contributed by atoms with Crippen molar-refractivity contribution in [3.05, 3.63) is 65.7 Å². The number of carbonyl (C=O) groups is 2. The molecule has 26 heavy (non-hydrogen) atoms. The monoisotopic (exact) mass is 371 g/mol. The Labute approximate surface area is 157 Å². The standard InChI is InChI=1S/C20H21NO4S/c1-14-11-21(12-18(25-14)20(23)24)19(22)16-7-9-17(10-8-16)26-13-15-5-3-2-4-6-15/h2-10,14,18H,11-13H2,1H3,(H,23,24)/t14-,18?/m1/s1. The van der Waals surface area contributed by atoms with Gasteiger partial charge in [-0.1, -0.05) is 30.3 Å². The van der Waals surface area contributed by atoms with Crippen LogP contribution in [0.1, 0.15) is 22.8 Å². The van der Waals surface area contributed by atoms with Crippen molar-refractivity contribution in [2.24, 2.45) is 0 Å². The molecule has 2 aromatic carbocycles. The number of thioether (sulfide) groups is 1. The van der Waals surface area contributed by atoms with Crippen LogP contribution < -0.4 is 0 Å². The van der Waals surface area contributed by atoms with Gasteiger partial charge in [-0.05, 0) is 36.8 Å². The zero-order valence-electron chi connectivity index (χ0n) is 14.5. The lowest BCUT2D eigenvalue weighted by Crippen LogP contribution is -2.51. The number of hydrogen-bond acceptors (Lipinski definition) is 4. The molecule has 0 saturated carbocycles. The van der Waals surface area contributed by atoms with E-state index in [1.54, 1.807) is 35.7 Å². The van der Waals surface area contributed by atoms with Crippen LogP contribution in [0, 0.1) is 0 Å². The number of carbonyl (C=O) groups excluding carboxylic acids is 1. The first-order chi connectivity index (χ1) is 12.5. The van der Waals surface area contributed by atoms with Crippen LogP contribution >= 0.6 is 11.8 Å². The molecule has 3 rings (SSSR count). The van der Waals surface area contributed by atoms with E-state index in [2.05, 4.69) is 12.1 Å². The maximum atomic E-state index is 12.7. The van der Waals surface area contributed by atoms with Gasteiger partial charge in [0.25, 0.3) is 5.91 Å². The van der Waals surface area contributed by atoms with Crippen molar-refractivity contribution >= 4 is 23.6 Å². The predicted octanol–water partition coefficient (Wildman–Crippen LogP) is 3.29. The van der Waals surface area contributed by atoms with E-state index < -0.39 is 12.1 Å². The van der Waals surface area contributed by atoms with Crippen molar-refractivity contribution in [1.29, 1.82) is 0 Å². The second-order valence-corrected chi connectivity index (χ2v) is 7.33. The Morgan fingerprint density at radius 2 is 1.81 bits per heavy atom. The van der Waals surface area contributed by atoms with Gasteiger partial charge in [0.2, 0.25) is 0 Å². The number of hydrogen-bond donors (Lipinski definition) is 1. The number of amides is 1. The van der Waals surface area contributed by atoms with Crippen molar-refractivity contribution < 1.29 is 19.4 Å². The quantitative estimate of drug-likeness (QED) is 0.817. The van der Waals surface area contributed by atoms with Crippen LogP contribution in [0.15, 0.2) is 59.5 Å². The number of nitrogens with zero attached hydrogens (tertiary/aromatic N) is 1. The highest BCUT2D eigenvalue weighted by Gasteiger charge is 2.32. The Balaban J connectivity index is 1.62. The molecule has 1 aliphatic heterocycles. The number of aliphatic carboxylic acids is 1. The molecular weight excluding hydrogens is 350 g/mol. The summed E-state index contributed by atoms with van der Waals surface area (Å²) in [6.45, 7) is 2.24. The lowest BCUT2D eigenvalue weighted by molar-refractivity contribution is -0.160. The molecule has 136 valence electrons. The molecule has 0 aliphatic carbocycles. The summed E-state index contributed by atoms with van der Waals surface area (Å²) in [4.78, 5) is 26.5. The number of morpholine rings is 1. The molecule has 5 nitrogen and oxygen atoms in total. The average Bonchev–Trinajstić information content (AvgIpc) is 2.66. The van der Waals surface area contributed by atoms with Crippen LogP contribution in [-0.4, -0.2) is 47.2 Å². The van der Waals surface area contributed by atoms with Gasteiger partial charge in [-0.15, -0.1) is 11.8 Å². The smallest absolute Gasteiger partial charge is 0.334 e. The minimum atomic E-state index is -1.04. The highest BCUT2D eigenvalue weighted by Crippen LogP contribution is 2.24. The molecule has 1 heterocycles. The molecule has 1 amide bonds. The largest absolute Gasteiger partial charge is 0.479 e. The molecule has 0 spiro atoms. The highest BCUT2D eigenvalue weighted by molar-refractivity contribution is 7.98. The van der Waals surface area contributed by atoms with Gasteiger partial charge < -0.3 is 14.7 Å². The van der Waals surface area contributed by atoms with E-state index in [-0.39, 0.29) is 18.6 Å². The van der Waals surface area contributed by atoms with Crippen LogP contribution in [0.3, 0.4) is 0 Å². The Morgan fingerprint density at radius 1 is 1.12 bits per heavy atom. The molecule has 1 unspecified atom stereocenters. The lowest BCUT2D eigenvalue weighted by Gasteiger charge is -2.35. The van der Waals surface area contributed by atoms with Gasteiger partial charge in [0.05, 0.1) is 12.6 Å². The third kappa shape index (κ3) is 4.65. The second-order valence-electron chi connectivity index (χ2n) is 6.28. The molecule has 1 aliphatic rings. The van der Waals surface area contributed by atoms with Gasteiger partial charge in [-0.25, -0.2) is 4.79 Å². The first-order valence-electron chi connectivity index (χ1n) is 8.47. The van der Waals surface area contributed by atoms with Crippen LogP contribution in [0.5, 0.6) is 0 Å². The molecule has 2 atom stereocenters. The summed E-state index contributed by atoms with van der Waals surface area (Å²) < 4.78 is 5.36. The Bertz CT molecular complexity index is 763. The van der Waals surface area contributed by atoms with E-state index in [9.17, 15) is 9.59 Å². The molecule has 0 radical (unpaired) electrons. The average molecular weight is 371 g/mol. The third-order valence-corrected chi connectivity index (χ3v) is 5.26. The minimum Gasteiger partial charge on any atom is -0.479 e. The summed E-state index contributed by atoms with van der Waals surface area (Å²) in [6.07, 6.45) is -1.27. The van der Waals surface area contributed by atoms with Crippen molar-refractivity contribution in [2.75, 3.05) is 13.1 Å². The van der Waals surface area contributed by atoms with Crippen LogP contribution in [0.4, 0.5) is 0 Å². The zero-order valence-corrected chi connectivity index (χ0v) is 15.3. The summed E-state index contributed by atoms with van der Waals surface area (Å²) in [5, 5.41) is 9.15. The van der Waals surface area contributed by atoms with Gasteiger partial charge in [-0.3, -0.25) is 4.79 Å². The summed E-state index contributed by atoms with van der Waals surface area (Å²) in [5.74, 6) is -0.330. The Hall–Kier alpha value is -2.31. The van der Waals surface area contributed by atoms with Gasteiger partial charge in [-0.2, -0.15) is 0 Å². The molecular formula is C20H21NO4S. The third-order valence-electron chi connectivity index (χ3n) is 4.17. The van der Waals surface area contributed by atoms with E-state index in [1.165, 1.54) is 5.56 Å². The number of carboxylic acids is 1. The van der Waals surface area contributed by atoms with E-state index in [1.807, 2.05) is 30.3 Å². The molecule has 0 bridgehead atoms. The van der Waals surface area contributed by atoms with E-state index in [0.717, 1.165) is 10.6 Å². The highest BCUT2D eigenvalue weighted by atomic mass is 32.2. The van der Waals surface area contributed by atoms with E-state index >= 15 is 0 Å². The normalized spacial score (nSPS) is 20.0. The van der Waals surface area contributed by atoms with Crippen LogP contribution in [0.2, 0.25) is 0 Å². The van der Waals surface area contributed by atoms with Crippen molar-refractivity contribution in [3.8, 4) is 0 Å². The zero-order chi connectivity index (χ0) is 18.5. The number of ether oxygens (including phenoxy) is 1. The number of benzene rings is 2. The summed E-state index contributed by atoms with van der Waals surface area (Å²) >= 11 is 1.71. The van der Waals surface area contributed by atoms with Gasteiger partial charge >= 0.3 is 5.97 Å². The Morgan fingerprint density at radius 3 is 2.46 bits per heavy atom. The molecule has 6 heteroatoms. The predicted molar refractivity (Wildman–Crippen MR) is 100 cm³/mol. The number of rotatable bonds is 5. The summed E-state index contributed by atoms with van der Waals surface area (Å²) in [7, 11) is 0. The maximum Gasteiger partial charge on any atom is 0.334 e. The topological polar surface area (TPSA) is 66.8 Å². The molecule has 1 fully saturated rings. The van der Waals surface area contributed by atoms with Gasteiger partial charge in [0, 0.05) is 22.8 Å². The summed E-state index contributed by atoms with van der Waals surface area (Å²) in [5.41, 5.74) is 1.81. The fourth-order valence-electron chi connectivity index (χ4n) is 2.87.